The van der Waals surface area contributed by atoms with E-state index in [-0.39, 0.29) is 23.4 Å². The van der Waals surface area contributed by atoms with E-state index in [1.807, 2.05) is 17.0 Å². The number of fused-ring (bicyclic) bond motifs is 1. The van der Waals surface area contributed by atoms with Crippen LogP contribution in [0.15, 0.2) is 59.3 Å². The number of aliphatic carboxylic acids is 1. The Kier molecular flexibility index (Phi) is 4.53. The topological polar surface area (TPSA) is 67.6 Å². The van der Waals surface area contributed by atoms with E-state index in [2.05, 4.69) is 24.2 Å². The Balaban J connectivity index is 1.25. The van der Waals surface area contributed by atoms with Gasteiger partial charge in [0.25, 0.3) is 0 Å². The normalized spacial score (nSPS) is 29.4. The average molecular weight is 447 g/mol. The Morgan fingerprint density at radius 1 is 1.33 bits per heavy atom. The third kappa shape index (κ3) is 3.15. The molecule has 6 heteroatoms. The molecular formula is C27H27FN2O3. The summed E-state index contributed by atoms with van der Waals surface area (Å²) in [6.07, 6.45) is 13.9. The number of halogens is 1. The Morgan fingerprint density at radius 3 is 2.94 bits per heavy atom. The molecule has 2 aromatic rings. The van der Waals surface area contributed by atoms with Crippen molar-refractivity contribution >= 4 is 12.0 Å². The highest BCUT2D eigenvalue weighted by atomic mass is 19.1. The van der Waals surface area contributed by atoms with Crippen LogP contribution in [0, 0.1) is 11.7 Å². The van der Waals surface area contributed by atoms with Gasteiger partial charge in [-0.1, -0.05) is 24.6 Å². The minimum atomic E-state index is -0.775. The monoisotopic (exact) mass is 446 g/mol. The van der Waals surface area contributed by atoms with Crippen LogP contribution in [-0.2, 0) is 16.0 Å². The number of aromatic nitrogens is 2. The molecule has 1 aromatic heterocycles. The number of hydrogen-bond acceptors (Lipinski definition) is 3. The first-order chi connectivity index (χ1) is 15.9. The van der Waals surface area contributed by atoms with Gasteiger partial charge in [0.05, 0.1) is 24.0 Å². The lowest BCUT2D eigenvalue weighted by molar-refractivity contribution is -0.136. The molecule has 2 unspecified atom stereocenters. The average Bonchev–Trinajstić information content (AvgIpc) is 3.06. The molecule has 3 aliphatic carbocycles. The fourth-order valence-corrected chi connectivity index (χ4v) is 6.30. The third-order valence-electron chi connectivity index (χ3n) is 8.04. The lowest BCUT2D eigenvalue weighted by Crippen LogP contribution is -2.27. The van der Waals surface area contributed by atoms with E-state index >= 15 is 0 Å². The maximum absolute atomic E-state index is 13.4. The molecule has 33 heavy (non-hydrogen) atoms. The van der Waals surface area contributed by atoms with Crippen molar-refractivity contribution in [3.63, 3.8) is 0 Å². The van der Waals surface area contributed by atoms with Crippen molar-refractivity contribution in [3.05, 3.63) is 76.4 Å². The predicted molar refractivity (Wildman–Crippen MR) is 122 cm³/mol. The van der Waals surface area contributed by atoms with Gasteiger partial charge in [-0.25, -0.2) is 9.07 Å². The van der Waals surface area contributed by atoms with Crippen LogP contribution in [0.1, 0.15) is 56.7 Å². The summed E-state index contributed by atoms with van der Waals surface area (Å²) in [5, 5.41) is 13.9. The second-order valence-corrected chi connectivity index (χ2v) is 9.87. The number of carboxylic acids is 1. The van der Waals surface area contributed by atoms with E-state index in [4.69, 9.17) is 4.74 Å². The molecule has 6 rings (SSSR count). The second kappa shape index (κ2) is 7.26. The summed E-state index contributed by atoms with van der Waals surface area (Å²) in [6.45, 7) is 2.19. The number of carbonyl (C=O) groups is 1. The number of epoxide rings is 1. The van der Waals surface area contributed by atoms with Gasteiger partial charge in [-0.2, -0.15) is 5.10 Å². The Labute approximate surface area is 192 Å². The van der Waals surface area contributed by atoms with Gasteiger partial charge in [0.1, 0.15) is 17.0 Å². The zero-order valence-corrected chi connectivity index (χ0v) is 18.7. The Bertz CT molecular complexity index is 1240. The maximum atomic E-state index is 13.4. The van der Waals surface area contributed by atoms with Crippen molar-refractivity contribution in [2.45, 2.75) is 63.1 Å². The second-order valence-electron chi connectivity index (χ2n) is 9.87. The molecule has 170 valence electrons. The van der Waals surface area contributed by atoms with Crippen LogP contribution >= 0.6 is 0 Å². The summed E-state index contributed by atoms with van der Waals surface area (Å²) in [5.41, 5.74) is 6.25. The number of hydrogen-bond donors (Lipinski definition) is 1. The van der Waals surface area contributed by atoms with Crippen molar-refractivity contribution in [1.82, 2.24) is 9.78 Å². The highest BCUT2D eigenvalue weighted by Gasteiger charge is 2.74. The number of nitrogens with zero attached hydrogens (tertiary/aromatic N) is 2. The summed E-state index contributed by atoms with van der Waals surface area (Å²) in [5.74, 6) is -0.658. The van der Waals surface area contributed by atoms with Gasteiger partial charge >= 0.3 is 5.97 Å². The summed E-state index contributed by atoms with van der Waals surface area (Å²) >= 11 is 0. The molecule has 2 fully saturated rings. The maximum Gasteiger partial charge on any atom is 0.307 e. The lowest BCUT2D eigenvalue weighted by Gasteiger charge is -2.24. The standard InChI is InChI=1S/C27H27FN2O3/c1-17-3-2-4-18(13-25(31)32)23(17)10-12-26-11-9-20-14-24-19(15-27(20,26)33-26)16-29-30(24)22-7-5-21(28)6-8-22/h2,4-8,14,16-17H,3,9-13,15H2,1H3,(H,31,32)/t17?,26-,27?/m1/s1. The van der Waals surface area contributed by atoms with Gasteiger partial charge in [-0.15, -0.1) is 0 Å². The Hall–Kier alpha value is -2.99. The van der Waals surface area contributed by atoms with Crippen LogP contribution in [0.3, 0.4) is 0 Å². The first-order valence-electron chi connectivity index (χ1n) is 11.8. The van der Waals surface area contributed by atoms with E-state index in [9.17, 15) is 14.3 Å². The molecule has 1 N–H and O–H groups in total. The molecule has 1 aromatic carbocycles. The highest BCUT2D eigenvalue weighted by molar-refractivity contribution is 5.71. The van der Waals surface area contributed by atoms with Gasteiger partial charge in [-0.3, -0.25) is 4.79 Å². The molecule has 5 nitrogen and oxygen atoms in total. The van der Waals surface area contributed by atoms with E-state index < -0.39 is 5.97 Å². The number of ether oxygens (including phenoxy) is 1. The van der Waals surface area contributed by atoms with Crippen LogP contribution < -0.4 is 0 Å². The van der Waals surface area contributed by atoms with E-state index in [1.165, 1.54) is 23.3 Å². The fourth-order valence-electron chi connectivity index (χ4n) is 6.30. The number of allylic oxidation sites excluding steroid dienone is 3. The zero-order valence-electron chi connectivity index (χ0n) is 18.7. The quantitative estimate of drug-likeness (QED) is 0.604. The van der Waals surface area contributed by atoms with Gasteiger partial charge in [0.15, 0.2) is 0 Å². The van der Waals surface area contributed by atoms with Crippen LogP contribution in [0.4, 0.5) is 4.39 Å². The molecular weight excluding hydrogens is 419 g/mol. The van der Waals surface area contributed by atoms with Crippen molar-refractivity contribution in [2.24, 2.45) is 5.92 Å². The van der Waals surface area contributed by atoms with Gasteiger partial charge < -0.3 is 9.84 Å². The van der Waals surface area contributed by atoms with Crippen LogP contribution in [0.25, 0.3) is 11.8 Å². The van der Waals surface area contributed by atoms with Gasteiger partial charge in [0.2, 0.25) is 0 Å². The first-order valence-corrected chi connectivity index (χ1v) is 11.8. The van der Waals surface area contributed by atoms with Crippen LogP contribution in [0.5, 0.6) is 0 Å². The number of benzene rings is 1. The van der Waals surface area contributed by atoms with Crippen molar-refractivity contribution in [1.29, 1.82) is 0 Å². The molecule has 4 aliphatic rings. The molecule has 0 amide bonds. The summed E-state index contributed by atoms with van der Waals surface area (Å²) in [7, 11) is 0. The van der Waals surface area contributed by atoms with Crippen molar-refractivity contribution < 1.29 is 19.0 Å². The Morgan fingerprint density at radius 2 is 2.15 bits per heavy atom. The summed E-state index contributed by atoms with van der Waals surface area (Å²) in [4.78, 5) is 11.3. The minimum Gasteiger partial charge on any atom is -0.481 e. The smallest absolute Gasteiger partial charge is 0.307 e. The summed E-state index contributed by atoms with van der Waals surface area (Å²) < 4.78 is 21.8. The van der Waals surface area contributed by atoms with E-state index in [0.29, 0.717) is 5.92 Å². The molecule has 1 aliphatic heterocycles. The predicted octanol–water partition coefficient (Wildman–Crippen LogP) is 5.40. The van der Waals surface area contributed by atoms with Gasteiger partial charge in [0, 0.05) is 12.0 Å². The zero-order chi connectivity index (χ0) is 22.8. The van der Waals surface area contributed by atoms with Crippen molar-refractivity contribution in [3.8, 4) is 5.69 Å². The minimum absolute atomic E-state index is 0.0895. The van der Waals surface area contributed by atoms with E-state index in [1.54, 1.807) is 12.1 Å². The lowest BCUT2D eigenvalue weighted by atomic mass is 9.78. The van der Waals surface area contributed by atoms with Crippen LogP contribution in [0.2, 0.25) is 0 Å². The molecule has 2 heterocycles. The SMILES string of the molecule is CC1CC=CC(CC(=O)O)=C1CC[C@]12CCC3=Cc4c(cnn4-c4ccc(F)cc4)CC31O2. The molecule has 1 spiro atoms. The molecule has 1 saturated heterocycles. The molecule has 3 atom stereocenters. The van der Waals surface area contributed by atoms with Crippen molar-refractivity contribution in [2.75, 3.05) is 0 Å². The van der Waals surface area contributed by atoms with Crippen LogP contribution in [-0.4, -0.2) is 32.1 Å². The molecule has 1 saturated carbocycles. The number of rotatable bonds is 6. The third-order valence-corrected chi connectivity index (χ3v) is 8.04. The summed E-state index contributed by atoms with van der Waals surface area (Å²) in [6, 6.07) is 6.42. The number of carboxylic acid groups (broad SMARTS) is 1. The largest absolute Gasteiger partial charge is 0.481 e. The molecule has 0 radical (unpaired) electrons. The van der Waals surface area contributed by atoms with E-state index in [0.717, 1.165) is 61.0 Å². The van der Waals surface area contributed by atoms with Gasteiger partial charge in [-0.05, 0) is 79.5 Å². The highest BCUT2D eigenvalue weighted by Crippen LogP contribution is 2.67. The fraction of sp³-hybridized carbons (Fsp3) is 0.407. The molecule has 0 bridgehead atoms. The first kappa shape index (κ1) is 20.6.